The van der Waals surface area contributed by atoms with Crippen molar-refractivity contribution >= 4 is 11.6 Å². The van der Waals surface area contributed by atoms with Crippen LogP contribution < -0.4 is 10.6 Å². The van der Waals surface area contributed by atoms with E-state index in [0.717, 1.165) is 41.3 Å². The first-order chi connectivity index (χ1) is 16.1. The smallest absolute Gasteiger partial charge is 0.268 e. The van der Waals surface area contributed by atoms with Crippen molar-refractivity contribution < 1.29 is 4.79 Å². The van der Waals surface area contributed by atoms with Crippen LogP contribution in [-0.2, 0) is 13.1 Å². The van der Waals surface area contributed by atoms with Crippen LogP contribution in [0, 0.1) is 28.6 Å². The number of carbonyl (C=O) groups excluding carboxylic acids is 1. The van der Waals surface area contributed by atoms with E-state index in [4.69, 9.17) is 4.98 Å². The predicted molar refractivity (Wildman–Crippen MR) is 125 cm³/mol. The van der Waals surface area contributed by atoms with Gasteiger partial charge in [-0.3, -0.25) is 14.2 Å². The lowest BCUT2D eigenvalue weighted by atomic mass is 9.55. The first-order valence-corrected chi connectivity index (χ1v) is 12.5. The van der Waals surface area contributed by atoms with Gasteiger partial charge in [0.25, 0.3) is 5.91 Å². The average Bonchev–Trinajstić information content (AvgIpc) is 3.38. The van der Waals surface area contributed by atoms with Crippen LogP contribution in [0.5, 0.6) is 0 Å². The lowest BCUT2D eigenvalue weighted by molar-refractivity contribution is -0.00254. The zero-order chi connectivity index (χ0) is 22.0. The molecule has 170 valence electrons. The Balaban J connectivity index is 1.04. The van der Waals surface area contributed by atoms with Crippen LogP contribution in [0.4, 0.5) is 0 Å². The normalized spacial score (nSPS) is 33.3. The molecule has 4 aliphatic carbocycles. The number of hydrogen-bond donors (Lipinski definition) is 2. The van der Waals surface area contributed by atoms with Gasteiger partial charge >= 0.3 is 0 Å². The Labute approximate surface area is 194 Å². The molecule has 6 nitrogen and oxygen atoms in total. The molecule has 3 heterocycles. The quantitative estimate of drug-likeness (QED) is 0.582. The van der Waals surface area contributed by atoms with Crippen LogP contribution >= 0.6 is 0 Å². The lowest BCUT2D eigenvalue weighted by Gasteiger charge is -2.49. The first kappa shape index (κ1) is 19.7. The van der Waals surface area contributed by atoms with E-state index in [-0.39, 0.29) is 5.91 Å². The minimum absolute atomic E-state index is 0.0200. The van der Waals surface area contributed by atoms with Crippen molar-refractivity contribution in [2.75, 3.05) is 6.54 Å². The fourth-order valence-electron chi connectivity index (χ4n) is 8.25. The molecule has 3 bridgehead atoms. The van der Waals surface area contributed by atoms with Crippen LogP contribution in [0.2, 0.25) is 0 Å². The predicted octanol–water partition coefficient (Wildman–Crippen LogP) is 3.97. The number of nitrogens with one attached hydrogen (secondary N) is 2. The molecule has 1 spiro atoms. The van der Waals surface area contributed by atoms with Crippen LogP contribution in [0.3, 0.4) is 0 Å². The van der Waals surface area contributed by atoms with Crippen LogP contribution in [-0.4, -0.2) is 26.8 Å². The summed E-state index contributed by atoms with van der Waals surface area (Å²) in [7, 11) is 0. The molecular formula is C27H31N5O. The Morgan fingerprint density at radius 2 is 1.97 bits per heavy atom. The molecule has 0 aromatic carbocycles. The maximum absolute atomic E-state index is 13.3. The van der Waals surface area contributed by atoms with Crippen molar-refractivity contribution in [1.29, 1.82) is 0 Å². The van der Waals surface area contributed by atoms with Gasteiger partial charge in [-0.25, -0.2) is 4.98 Å². The molecule has 7 rings (SSSR count). The van der Waals surface area contributed by atoms with E-state index in [9.17, 15) is 4.79 Å². The van der Waals surface area contributed by atoms with E-state index < -0.39 is 0 Å². The van der Waals surface area contributed by atoms with Crippen LogP contribution in [0.15, 0.2) is 48.8 Å². The molecule has 3 aromatic rings. The highest BCUT2D eigenvalue weighted by atomic mass is 16.1. The molecule has 2 N–H and O–H groups in total. The van der Waals surface area contributed by atoms with E-state index in [1.807, 2.05) is 47.0 Å². The van der Waals surface area contributed by atoms with E-state index in [0.29, 0.717) is 29.6 Å². The van der Waals surface area contributed by atoms with Gasteiger partial charge in [0.15, 0.2) is 0 Å². The molecule has 4 saturated carbocycles. The Morgan fingerprint density at radius 1 is 1.03 bits per heavy atom. The first-order valence-electron chi connectivity index (χ1n) is 12.5. The summed E-state index contributed by atoms with van der Waals surface area (Å²) in [6.07, 6.45) is 12.2. The van der Waals surface area contributed by atoms with Gasteiger partial charge in [0.1, 0.15) is 11.3 Å². The molecule has 5 unspecified atom stereocenters. The van der Waals surface area contributed by atoms with Gasteiger partial charge < -0.3 is 10.6 Å². The molecular weight excluding hydrogens is 410 g/mol. The summed E-state index contributed by atoms with van der Waals surface area (Å²) < 4.78 is 1.93. The number of hydrogen-bond acceptors (Lipinski definition) is 4. The number of pyridine rings is 2. The summed E-state index contributed by atoms with van der Waals surface area (Å²) in [4.78, 5) is 22.3. The highest BCUT2D eigenvalue weighted by Crippen LogP contribution is 2.78. The Hall–Kier alpha value is -2.73. The minimum Gasteiger partial charge on any atom is -0.350 e. The standard InChI is InChI=1S/C27H31N5O/c33-25(30-17-26-10-18-8-19-9-20(12-26)27(19,11-18)16-26)23-5-3-6-24-31-22(15-32(23)24)14-28-13-21-4-1-2-7-29-21/h1-7,15,18-20,28H,8-14,16-17H2,(H,30,33). The monoisotopic (exact) mass is 441 g/mol. The highest BCUT2D eigenvalue weighted by Gasteiger charge is 2.70. The number of rotatable bonds is 7. The number of imidazole rings is 1. The van der Waals surface area contributed by atoms with Gasteiger partial charge in [0.05, 0.1) is 11.4 Å². The van der Waals surface area contributed by atoms with E-state index in [2.05, 4.69) is 15.6 Å². The summed E-state index contributed by atoms with van der Waals surface area (Å²) in [5, 5.41) is 6.74. The second kappa shape index (κ2) is 7.13. The molecule has 5 atom stereocenters. The summed E-state index contributed by atoms with van der Waals surface area (Å²) in [6, 6.07) is 11.7. The number of aromatic nitrogens is 3. The van der Waals surface area contributed by atoms with Gasteiger partial charge in [-0.1, -0.05) is 12.1 Å². The molecule has 4 fully saturated rings. The van der Waals surface area contributed by atoms with E-state index >= 15 is 0 Å². The Morgan fingerprint density at radius 3 is 2.88 bits per heavy atom. The number of nitrogens with zero attached hydrogens (tertiary/aromatic N) is 3. The van der Waals surface area contributed by atoms with Gasteiger partial charge in [-0.05, 0) is 91.4 Å². The summed E-state index contributed by atoms with van der Waals surface area (Å²) in [5.41, 5.74) is 4.41. The van der Waals surface area contributed by atoms with Crippen LogP contribution in [0.1, 0.15) is 60.4 Å². The second-order valence-corrected chi connectivity index (χ2v) is 11.2. The van der Waals surface area contributed by atoms with E-state index in [1.165, 1.54) is 38.5 Å². The lowest BCUT2D eigenvalue weighted by Crippen LogP contribution is -2.43. The van der Waals surface area contributed by atoms with E-state index in [1.54, 1.807) is 6.20 Å². The number of fused-ring (bicyclic) bond motifs is 3. The van der Waals surface area contributed by atoms with Gasteiger partial charge in [-0.15, -0.1) is 0 Å². The zero-order valence-electron chi connectivity index (χ0n) is 19.0. The topological polar surface area (TPSA) is 71.3 Å². The molecule has 6 heteroatoms. The summed E-state index contributed by atoms with van der Waals surface area (Å²) in [5.74, 6) is 2.86. The van der Waals surface area contributed by atoms with Crippen molar-refractivity contribution in [3.8, 4) is 0 Å². The molecule has 0 radical (unpaired) electrons. The molecule has 1 amide bonds. The SMILES string of the molecule is O=C(NCC12CC3CC4CC(C1)C4(C3)C2)c1cccc2nc(CNCc3ccccn3)cn12. The van der Waals surface area contributed by atoms with Crippen LogP contribution in [0.25, 0.3) is 5.65 Å². The maximum Gasteiger partial charge on any atom is 0.268 e. The second-order valence-electron chi connectivity index (χ2n) is 11.2. The van der Waals surface area contributed by atoms with Crippen molar-refractivity contribution in [3.63, 3.8) is 0 Å². The molecule has 4 aliphatic rings. The third kappa shape index (κ3) is 3.07. The van der Waals surface area contributed by atoms with Gasteiger partial charge in [0.2, 0.25) is 0 Å². The number of amides is 1. The average molecular weight is 442 g/mol. The maximum atomic E-state index is 13.3. The van der Waals surface area contributed by atoms with Crippen molar-refractivity contribution in [2.45, 2.75) is 51.6 Å². The number of carbonyl (C=O) groups is 1. The largest absolute Gasteiger partial charge is 0.350 e. The van der Waals surface area contributed by atoms with Gasteiger partial charge in [0, 0.05) is 32.0 Å². The Bertz CT molecular complexity index is 1220. The van der Waals surface area contributed by atoms with Crippen molar-refractivity contribution in [3.05, 3.63) is 65.9 Å². The summed E-state index contributed by atoms with van der Waals surface area (Å²) >= 11 is 0. The Kier molecular flexibility index (Phi) is 4.26. The molecule has 3 aromatic heterocycles. The molecule has 0 saturated heterocycles. The molecule has 0 aliphatic heterocycles. The summed E-state index contributed by atoms with van der Waals surface area (Å²) in [6.45, 7) is 2.15. The fourth-order valence-corrected chi connectivity index (χ4v) is 8.25. The van der Waals surface area contributed by atoms with Crippen molar-refractivity contribution in [2.24, 2.45) is 28.6 Å². The zero-order valence-corrected chi connectivity index (χ0v) is 19.0. The van der Waals surface area contributed by atoms with Crippen molar-refractivity contribution in [1.82, 2.24) is 25.0 Å². The fraction of sp³-hybridized carbons (Fsp3) is 0.519. The third-order valence-electron chi connectivity index (χ3n) is 9.32. The third-order valence-corrected chi connectivity index (χ3v) is 9.32. The minimum atomic E-state index is 0.0200. The van der Waals surface area contributed by atoms with Gasteiger partial charge in [-0.2, -0.15) is 0 Å². The highest BCUT2D eigenvalue weighted by molar-refractivity contribution is 5.93. The molecule has 33 heavy (non-hydrogen) atoms.